The first-order valence-electron chi connectivity index (χ1n) is 8.89. The number of hydrogen-bond donors (Lipinski definition) is 1. The monoisotopic (exact) mass is 366 g/mol. The first-order valence-corrected chi connectivity index (χ1v) is 8.89. The molecule has 1 N–H and O–H groups in total. The van der Waals surface area contributed by atoms with Crippen molar-refractivity contribution in [2.45, 2.75) is 58.8 Å². The van der Waals surface area contributed by atoms with Crippen LogP contribution in [0.5, 0.6) is 0 Å². The Bertz CT molecular complexity index is 781. The molecule has 1 aliphatic rings. The van der Waals surface area contributed by atoms with E-state index in [0.29, 0.717) is 18.3 Å². The minimum Gasteiger partial charge on any atom is -0.469 e. The summed E-state index contributed by atoms with van der Waals surface area (Å²) in [5.74, 6) is -0.617. The normalized spacial score (nSPS) is 22.0. The molecule has 0 aromatic carbocycles. The Labute approximate surface area is 151 Å². The van der Waals surface area contributed by atoms with Crippen LogP contribution in [0.1, 0.15) is 63.0 Å². The zero-order chi connectivity index (χ0) is 19.4. The Hall–Kier alpha value is -2.22. The van der Waals surface area contributed by atoms with E-state index in [1.807, 2.05) is 0 Å². The van der Waals surface area contributed by atoms with E-state index in [9.17, 15) is 19.2 Å². The average Bonchev–Trinajstić information content (AvgIpc) is 3.09. The molecule has 8 heteroatoms. The predicted molar refractivity (Wildman–Crippen MR) is 94.0 cm³/mol. The fourth-order valence-electron chi connectivity index (χ4n) is 3.17. The van der Waals surface area contributed by atoms with E-state index in [-0.39, 0.29) is 11.7 Å². The van der Waals surface area contributed by atoms with Crippen molar-refractivity contribution in [3.63, 3.8) is 0 Å². The largest absolute Gasteiger partial charge is 0.469 e. The van der Waals surface area contributed by atoms with Gasteiger partial charge in [-0.2, -0.15) is 0 Å². The minimum atomic E-state index is -0.817. The SMILES string of the molecule is CCC(C)C(C)C1CCC(n2cc(C(=O)CC(=O)OC)c(=O)[nH]c2=O)O1. The molecule has 0 bridgehead atoms. The second-order valence-corrected chi connectivity index (χ2v) is 6.84. The molecule has 1 aromatic rings. The Morgan fingerprint density at radius 3 is 2.65 bits per heavy atom. The van der Waals surface area contributed by atoms with E-state index in [2.05, 4.69) is 30.5 Å². The number of H-pyrrole nitrogens is 1. The molecule has 0 saturated carbocycles. The average molecular weight is 366 g/mol. The molecule has 144 valence electrons. The van der Waals surface area contributed by atoms with Crippen molar-refractivity contribution in [1.29, 1.82) is 0 Å². The standard InChI is InChI=1S/C18H26N2O6/c1-5-10(2)11(3)14-6-7-15(26-14)20-9-12(17(23)19-18(20)24)13(21)8-16(22)25-4/h9-11,14-15H,5-8H2,1-4H3,(H,19,23,24). The summed E-state index contributed by atoms with van der Waals surface area (Å²) in [6, 6.07) is 0. The van der Waals surface area contributed by atoms with Gasteiger partial charge in [0, 0.05) is 6.20 Å². The van der Waals surface area contributed by atoms with Crippen molar-refractivity contribution in [2.24, 2.45) is 11.8 Å². The van der Waals surface area contributed by atoms with E-state index >= 15 is 0 Å². The molecule has 0 spiro atoms. The molecule has 1 aliphatic heterocycles. The maximum atomic E-state index is 12.2. The number of hydrogen-bond acceptors (Lipinski definition) is 6. The summed E-state index contributed by atoms with van der Waals surface area (Å²) in [6.45, 7) is 6.42. The number of rotatable bonds is 7. The summed E-state index contributed by atoms with van der Waals surface area (Å²) in [4.78, 5) is 49.7. The summed E-state index contributed by atoms with van der Waals surface area (Å²) < 4.78 is 11.7. The molecule has 2 rings (SSSR count). The number of ether oxygens (including phenoxy) is 2. The van der Waals surface area contributed by atoms with Crippen LogP contribution in [0, 0.1) is 11.8 Å². The van der Waals surface area contributed by atoms with Gasteiger partial charge in [-0.25, -0.2) is 4.79 Å². The zero-order valence-corrected chi connectivity index (χ0v) is 15.6. The van der Waals surface area contributed by atoms with Crippen molar-refractivity contribution in [3.05, 3.63) is 32.6 Å². The number of carbonyl (C=O) groups is 2. The van der Waals surface area contributed by atoms with E-state index in [1.54, 1.807) is 0 Å². The number of ketones is 1. The van der Waals surface area contributed by atoms with Crippen LogP contribution in [-0.4, -0.2) is 34.5 Å². The van der Waals surface area contributed by atoms with Crippen molar-refractivity contribution >= 4 is 11.8 Å². The highest BCUT2D eigenvalue weighted by Crippen LogP contribution is 2.34. The number of nitrogens with one attached hydrogen (secondary N) is 1. The first kappa shape index (κ1) is 20.1. The lowest BCUT2D eigenvalue weighted by atomic mass is 9.88. The highest BCUT2D eigenvalue weighted by Gasteiger charge is 2.33. The summed E-state index contributed by atoms with van der Waals surface area (Å²) >= 11 is 0. The lowest BCUT2D eigenvalue weighted by Gasteiger charge is -2.25. The van der Waals surface area contributed by atoms with Crippen LogP contribution in [0.15, 0.2) is 15.8 Å². The number of Topliss-reactive ketones (excluding diaryl/α,β-unsaturated/α-hetero) is 1. The third kappa shape index (κ3) is 4.30. The van der Waals surface area contributed by atoms with Crippen molar-refractivity contribution in [3.8, 4) is 0 Å². The quantitative estimate of drug-likeness (QED) is 0.446. The van der Waals surface area contributed by atoms with Crippen LogP contribution in [0.3, 0.4) is 0 Å². The van der Waals surface area contributed by atoms with Crippen LogP contribution in [0.25, 0.3) is 0 Å². The van der Waals surface area contributed by atoms with Gasteiger partial charge in [0.25, 0.3) is 5.56 Å². The van der Waals surface area contributed by atoms with Gasteiger partial charge in [-0.1, -0.05) is 27.2 Å². The van der Waals surface area contributed by atoms with Crippen molar-refractivity contribution in [2.75, 3.05) is 7.11 Å². The van der Waals surface area contributed by atoms with E-state index in [4.69, 9.17) is 4.74 Å². The molecule has 0 aliphatic carbocycles. The van der Waals surface area contributed by atoms with Gasteiger partial charge in [0.05, 0.1) is 18.8 Å². The topological polar surface area (TPSA) is 107 Å². The van der Waals surface area contributed by atoms with Crippen LogP contribution >= 0.6 is 0 Å². The molecule has 0 radical (unpaired) electrons. The third-order valence-electron chi connectivity index (χ3n) is 5.27. The number of carbonyl (C=O) groups excluding carboxylic acids is 2. The lowest BCUT2D eigenvalue weighted by molar-refractivity contribution is -0.139. The Kier molecular flexibility index (Phi) is 6.52. The number of esters is 1. The second-order valence-electron chi connectivity index (χ2n) is 6.84. The zero-order valence-electron chi connectivity index (χ0n) is 15.6. The number of nitrogens with zero attached hydrogens (tertiary/aromatic N) is 1. The maximum absolute atomic E-state index is 12.2. The molecule has 2 heterocycles. The van der Waals surface area contributed by atoms with E-state index in [1.165, 1.54) is 10.8 Å². The number of methoxy groups -OCH3 is 1. The van der Waals surface area contributed by atoms with E-state index < -0.39 is 35.7 Å². The Morgan fingerprint density at radius 1 is 1.35 bits per heavy atom. The van der Waals surface area contributed by atoms with Crippen molar-refractivity contribution in [1.82, 2.24) is 9.55 Å². The Balaban J connectivity index is 2.24. The van der Waals surface area contributed by atoms with Gasteiger partial charge in [-0.3, -0.25) is 23.9 Å². The molecule has 4 atom stereocenters. The van der Waals surface area contributed by atoms with E-state index in [0.717, 1.165) is 20.0 Å². The smallest absolute Gasteiger partial charge is 0.330 e. The summed E-state index contributed by atoms with van der Waals surface area (Å²) in [6.07, 6.45) is 2.55. The fraction of sp³-hybridized carbons (Fsp3) is 0.667. The minimum absolute atomic E-state index is 0.0167. The van der Waals surface area contributed by atoms with Crippen LogP contribution < -0.4 is 11.2 Å². The molecule has 0 amide bonds. The molecule has 4 unspecified atom stereocenters. The van der Waals surface area contributed by atoms with Gasteiger partial charge in [-0.15, -0.1) is 0 Å². The van der Waals surface area contributed by atoms with Crippen LogP contribution in [-0.2, 0) is 14.3 Å². The molecular formula is C18H26N2O6. The summed E-state index contributed by atoms with van der Waals surface area (Å²) in [5.41, 5.74) is -1.70. The van der Waals surface area contributed by atoms with Gasteiger partial charge in [0.1, 0.15) is 12.6 Å². The number of aromatic amines is 1. The number of aromatic nitrogens is 2. The third-order valence-corrected chi connectivity index (χ3v) is 5.27. The fourth-order valence-corrected chi connectivity index (χ4v) is 3.17. The van der Waals surface area contributed by atoms with Gasteiger partial charge >= 0.3 is 11.7 Å². The summed E-state index contributed by atoms with van der Waals surface area (Å²) in [7, 11) is 1.16. The highest BCUT2D eigenvalue weighted by molar-refractivity contribution is 6.05. The van der Waals surface area contributed by atoms with Crippen LogP contribution in [0.4, 0.5) is 0 Å². The molecule has 1 aromatic heterocycles. The van der Waals surface area contributed by atoms with Gasteiger partial charge in [0.2, 0.25) is 0 Å². The molecule has 8 nitrogen and oxygen atoms in total. The molecular weight excluding hydrogens is 340 g/mol. The summed E-state index contributed by atoms with van der Waals surface area (Å²) in [5, 5.41) is 0. The van der Waals surface area contributed by atoms with Crippen molar-refractivity contribution < 1.29 is 19.1 Å². The second kappa shape index (κ2) is 8.44. The molecule has 1 fully saturated rings. The lowest BCUT2D eigenvalue weighted by Crippen LogP contribution is -2.36. The van der Waals surface area contributed by atoms with Crippen LogP contribution in [0.2, 0.25) is 0 Å². The Morgan fingerprint density at radius 2 is 2.04 bits per heavy atom. The van der Waals surface area contributed by atoms with Gasteiger partial charge < -0.3 is 9.47 Å². The highest BCUT2D eigenvalue weighted by atomic mass is 16.5. The predicted octanol–water partition coefficient (Wildman–Crippen LogP) is 1.64. The molecule has 1 saturated heterocycles. The molecule has 26 heavy (non-hydrogen) atoms. The maximum Gasteiger partial charge on any atom is 0.330 e. The first-order chi connectivity index (χ1) is 12.3. The van der Waals surface area contributed by atoms with Gasteiger partial charge in [0.15, 0.2) is 5.78 Å². The van der Waals surface area contributed by atoms with Gasteiger partial charge in [-0.05, 0) is 24.7 Å².